The van der Waals surface area contributed by atoms with Gasteiger partial charge in [0, 0.05) is 16.2 Å². The van der Waals surface area contributed by atoms with Gasteiger partial charge in [-0.1, -0.05) is 18.9 Å². The van der Waals surface area contributed by atoms with Gasteiger partial charge in [0.1, 0.15) is 5.82 Å². The van der Waals surface area contributed by atoms with Crippen LogP contribution in [0.5, 0.6) is 0 Å². The first-order valence-corrected chi connectivity index (χ1v) is 6.20. The van der Waals surface area contributed by atoms with Crippen molar-refractivity contribution in [1.82, 2.24) is 0 Å². The zero-order valence-corrected chi connectivity index (χ0v) is 9.52. The highest BCUT2D eigenvalue weighted by Gasteiger charge is 2.33. The van der Waals surface area contributed by atoms with Crippen molar-refractivity contribution in [1.29, 1.82) is 0 Å². The predicted octanol–water partition coefficient (Wildman–Crippen LogP) is 3.19. The lowest BCUT2D eigenvalue weighted by molar-refractivity contribution is 0.614. The van der Waals surface area contributed by atoms with Crippen molar-refractivity contribution in [3.8, 4) is 0 Å². The molecular weight excluding hydrogens is 209 g/mol. The van der Waals surface area contributed by atoms with Crippen LogP contribution in [0.4, 0.5) is 4.39 Å². The highest BCUT2D eigenvalue weighted by atomic mass is 32.2. The second-order valence-electron chi connectivity index (χ2n) is 4.15. The third-order valence-corrected chi connectivity index (χ3v) is 4.51. The Morgan fingerprint density at radius 1 is 1.33 bits per heavy atom. The summed E-state index contributed by atoms with van der Waals surface area (Å²) in [6.07, 6.45) is 4.81. The van der Waals surface area contributed by atoms with Crippen LogP contribution in [0.1, 0.15) is 25.7 Å². The van der Waals surface area contributed by atoms with Crippen LogP contribution in [-0.4, -0.2) is 11.3 Å². The third-order valence-electron chi connectivity index (χ3n) is 3.02. The summed E-state index contributed by atoms with van der Waals surface area (Å²) in [5.41, 5.74) is 5.84. The van der Waals surface area contributed by atoms with Crippen LogP contribution in [0.25, 0.3) is 0 Å². The molecule has 1 aromatic rings. The Kier molecular flexibility index (Phi) is 3.32. The quantitative estimate of drug-likeness (QED) is 0.855. The fourth-order valence-electron chi connectivity index (χ4n) is 2.15. The molecule has 0 unspecified atom stereocenters. The van der Waals surface area contributed by atoms with Gasteiger partial charge >= 0.3 is 0 Å². The third kappa shape index (κ3) is 2.52. The molecule has 1 fully saturated rings. The van der Waals surface area contributed by atoms with Crippen LogP contribution in [0.3, 0.4) is 0 Å². The molecule has 0 radical (unpaired) electrons. The molecule has 15 heavy (non-hydrogen) atoms. The normalized spacial score (nSPS) is 19.3. The van der Waals surface area contributed by atoms with Crippen LogP contribution < -0.4 is 5.73 Å². The van der Waals surface area contributed by atoms with Crippen molar-refractivity contribution in [2.75, 3.05) is 6.54 Å². The molecule has 0 aromatic heterocycles. The Morgan fingerprint density at radius 2 is 2.07 bits per heavy atom. The predicted molar refractivity (Wildman–Crippen MR) is 62.5 cm³/mol. The number of benzene rings is 1. The van der Waals surface area contributed by atoms with E-state index in [1.807, 2.05) is 6.07 Å². The molecule has 0 saturated heterocycles. The van der Waals surface area contributed by atoms with Gasteiger partial charge in [-0.2, -0.15) is 0 Å². The zero-order chi connectivity index (χ0) is 10.7. The van der Waals surface area contributed by atoms with Gasteiger partial charge in [0.05, 0.1) is 0 Å². The summed E-state index contributed by atoms with van der Waals surface area (Å²) in [5, 5.41) is 0. The summed E-state index contributed by atoms with van der Waals surface area (Å²) in [7, 11) is 0. The lowest BCUT2D eigenvalue weighted by Gasteiger charge is -2.26. The first-order valence-electron chi connectivity index (χ1n) is 5.39. The highest BCUT2D eigenvalue weighted by molar-refractivity contribution is 8.00. The Hall–Kier alpha value is -0.540. The zero-order valence-electron chi connectivity index (χ0n) is 8.71. The first kappa shape index (κ1) is 11.0. The summed E-state index contributed by atoms with van der Waals surface area (Å²) in [5.74, 6) is -0.162. The average Bonchev–Trinajstić information content (AvgIpc) is 2.67. The summed E-state index contributed by atoms with van der Waals surface area (Å²) in [4.78, 5) is 1.00. The van der Waals surface area contributed by atoms with Crippen LogP contribution in [0.15, 0.2) is 29.2 Å². The van der Waals surface area contributed by atoms with Gasteiger partial charge < -0.3 is 5.73 Å². The summed E-state index contributed by atoms with van der Waals surface area (Å²) in [6.45, 7) is 0.689. The van der Waals surface area contributed by atoms with E-state index in [-0.39, 0.29) is 10.6 Å². The molecule has 0 aliphatic heterocycles. The Labute approximate surface area is 94.2 Å². The second kappa shape index (κ2) is 4.54. The largest absolute Gasteiger partial charge is 0.329 e. The number of thioether (sulfide) groups is 1. The molecule has 1 aliphatic carbocycles. The van der Waals surface area contributed by atoms with Crippen molar-refractivity contribution in [2.24, 2.45) is 5.73 Å². The molecule has 0 atom stereocenters. The highest BCUT2D eigenvalue weighted by Crippen LogP contribution is 2.44. The van der Waals surface area contributed by atoms with Crippen LogP contribution in [-0.2, 0) is 0 Å². The average molecular weight is 225 g/mol. The van der Waals surface area contributed by atoms with Crippen LogP contribution >= 0.6 is 11.8 Å². The Balaban J connectivity index is 2.12. The maximum Gasteiger partial charge on any atom is 0.124 e. The molecule has 0 spiro atoms. The molecule has 3 heteroatoms. The topological polar surface area (TPSA) is 26.0 Å². The van der Waals surface area contributed by atoms with Gasteiger partial charge in [0.25, 0.3) is 0 Å². The number of hydrogen-bond donors (Lipinski definition) is 1. The minimum atomic E-state index is -0.162. The summed E-state index contributed by atoms with van der Waals surface area (Å²) < 4.78 is 13.2. The van der Waals surface area contributed by atoms with Crippen molar-refractivity contribution >= 4 is 11.8 Å². The Morgan fingerprint density at radius 3 is 2.67 bits per heavy atom. The van der Waals surface area contributed by atoms with Gasteiger partial charge in [0.2, 0.25) is 0 Å². The molecule has 0 heterocycles. The van der Waals surface area contributed by atoms with E-state index in [1.165, 1.54) is 18.9 Å². The molecule has 0 amide bonds. The summed E-state index contributed by atoms with van der Waals surface area (Å²) in [6, 6.07) is 6.80. The fourth-order valence-corrected chi connectivity index (χ4v) is 3.54. The monoisotopic (exact) mass is 225 g/mol. The van der Waals surface area contributed by atoms with E-state index in [4.69, 9.17) is 5.73 Å². The van der Waals surface area contributed by atoms with Crippen molar-refractivity contribution in [3.05, 3.63) is 30.1 Å². The molecule has 1 saturated carbocycles. The van der Waals surface area contributed by atoms with E-state index >= 15 is 0 Å². The minimum Gasteiger partial charge on any atom is -0.329 e. The van der Waals surface area contributed by atoms with E-state index < -0.39 is 0 Å². The molecule has 1 aromatic carbocycles. The summed E-state index contributed by atoms with van der Waals surface area (Å²) >= 11 is 1.75. The van der Waals surface area contributed by atoms with Crippen molar-refractivity contribution in [2.45, 2.75) is 35.3 Å². The van der Waals surface area contributed by atoms with Crippen LogP contribution in [0, 0.1) is 5.82 Å². The lowest BCUT2D eigenvalue weighted by atomic mass is 10.1. The van der Waals surface area contributed by atoms with E-state index in [0.29, 0.717) is 6.54 Å². The minimum absolute atomic E-state index is 0.161. The van der Waals surface area contributed by atoms with Crippen molar-refractivity contribution < 1.29 is 4.39 Å². The molecule has 2 N–H and O–H groups in total. The van der Waals surface area contributed by atoms with Crippen LogP contribution in [0.2, 0.25) is 0 Å². The smallest absolute Gasteiger partial charge is 0.124 e. The van der Waals surface area contributed by atoms with E-state index in [2.05, 4.69) is 0 Å². The standard InChI is InChI=1S/C12H16FNS/c13-10-4-3-5-11(8-10)15-12(9-14)6-1-2-7-12/h3-5,8H,1-2,6-7,9,14H2. The second-order valence-corrected chi connectivity index (χ2v) is 5.70. The lowest BCUT2D eigenvalue weighted by Crippen LogP contribution is -2.30. The molecule has 1 aliphatic rings. The van der Waals surface area contributed by atoms with E-state index in [1.54, 1.807) is 23.9 Å². The Bertz CT molecular complexity index is 334. The van der Waals surface area contributed by atoms with Gasteiger partial charge in [-0.05, 0) is 31.0 Å². The van der Waals surface area contributed by atoms with Gasteiger partial charge in [0.15, 0.2) is 0 Å². The number of rotatable bonds is 3. The van der Waals surface area contributed by atoms with E-state index in [9.17, 15) is 4.39 Å². The molecule has 2 rings (SSSR count). The molecule has 1 nitrogen and oxygen atoms in total. The first-order chi connectivity index (χ1) is 7.24. The SMILES string of the molecule is NCC1(Sc2cccc(F)c2)CCCC1. The van der Waals surface area contributed by atoms with Gasteiger partial charge in [-0.25, -0.2) is 4.39 Å². The van der Waals surface area contributed by atoms with E-state index in [0.717, 1.165) is 17.7 Å². The van der Waals surface area contributed by atoms with Crippen molar-refractivity contribution in [3.63, 3.8) is 0 Å². The number of halogens is 1. The molecule has 82 valence electrons. The fraction of sp³-hybridized carbons (Fsp3) is 0.500. The maximum absolute atomic E-state index is 13.0. The number of nitrogens with two attached hydrogens (primary N) is 1. The maximum atomic E-state index is 13.0. The number of hydrogen-bond acceptors (Lipinski definition) is 2. The molecular formula is C12H16FNS. The molecule has 0 bridgehead atoms. The van der Waals surface area contributed by atoms with Gasteiger partial charge in [-0.3, -0.25) is 0 Å². The van der Waals surface area contributed by atoms with Gasteiger partial charge in [-0.15, -0.1) is 11.8 Å².